The summed E-state index contributed by atoms with van der Waals surface area (Å²) in [7, 11) is 0. The van der Waals surface area contributed by atoms with Crippen LogP contribution in [0.25, 0.3) is 10.9 Å². The number of hydrogen-bond acceptors (Lipinski definition) is 4. The van der Waals surface area contributed by atoms with Gasteiger partial charge in [0.1, 0.15) is 0 Å². The Balaban J connectivity index is 1.39. The molecule has 146 valence electrons. The van der Waals surface area contributed by atoms with E-state index in [-0.39, 0.29) is 30.3 Å². The number of carbonyl (C=O) groups is 2. The molecule has 2 aliphatic rings. The lowest BCUT2D eigenvalue weighted by Crippen LogP contribution is -2.32. The molecule has 1 aliphatic heterocycles. The molecule has 1 aliphatic carbocycles. The fraction of sp³-hybridized carbons (Fsp3) is 0.238. The predicted molar refractivity (Wildman–Crippen MR) is 103 cm³/mol. The van der Waals surface area contributed by atoms with E-state index in [4.69, 9.17) is 0 Å². The Kier molecular flexibility index (Phi) is 3.94. The lowest BCUT2D eigenvalue weighted by atomic mass is 10.1. The molecule has 1 saturated carbocycles. The Labute approximate surface area is 164 Å². The van der Waals surface area contributed by atoms with E-state index < -0.39 is 11.8 Å². The van der Waals surface area contributed by atoms with E-state index in [2.05, 4.69) is 5.10 Å². The van der Waals surface area contributed by atoms with Gasteiger partial charge in [0.25, 0.3) is 17.4 Å². The minimum atomic E-state index is -0.442. The SMILES string of the molecule is O=C1c2ccccc2C(=O)N1C/C(=C\F)Cn1cc2c(=O)n(C3CC3)ccc2n1. The third kappa shape index (κ3) is 2.88. The van der Waals surface area contributed by atoms with Crippen molar-refractivity contribution in [1.29, 1.82) is 0 Å². The smallest absolute Gasteiger partial charge is 0.261 e. The predicted octanol–water partition coefficient (Wildman–Crippen LogP) is 2.68. The maximum atomic E-state index is 13.6. The van der Waals surface area contributed by atoms with Crippen LogP contribution in [0.1, 0.15) is 39.6 Å². The standard InChI is InChI=1S/C21H17FN4O3/c22-9-13(11-26-19(27)15-3-1-2-4-16(15)20(26)28)10-24-12-17-18(23-24)7-8-25(21(17)29)14-5-6-14/h1-4,7-9,12,14H,5-6,10-11H2/b13-9-. The number of pyridine rings is 1. The van der Waals surface area contributed by atoms with Crippen LogP contribution in [-0.2, 0) is 6.54 Å². The third-order valence-corrected chi connectivity index (χ3v) is 5.35. The highest BCUT2D eigenvalue weighted by Gasteiger charge is 2.35. The van der Waals surface area contributed by atoms with Crippen molar-refractivity contribution in [2.75, 3.05) is 6.54 Å². The minimum absolute atomic E-state index is 0.0292. The van der Waals surface area contributed by atoms with Gasteiger partial charge in [-0.1, -0.05) is 12.1 Å². The largest absolute Gasteiger partial charge is 0.312 e. The number of benzene rings is 1. The van der Waals surface area contributed by atoms with Crippen LogP contribution in [0.4, 0.5) is 4.39 Å². The van der Waals surface area contributed by atoms with Crippen LogP contribution in [0.3, 0.4) is 0 Å². The second kappa shape index (κ2) is 6.51. The molecule has 0 bridgehead atoms. The Morgan fingerprint density at radius 2 is 1.76 bits per heavy atom. The number of rotatable bonds is 5. The highest BCUT2D eigenvalue weighted by Crippen LogP contribution is 2.33. The summed E-state index contributed by atoms with van der Waals surface area (Å²) < 4.78 is 16.7. The first-order chi connectivity index (χ1) is 14.1. The van der Waals surface area contributed by atoms with E-state index in [0.717, 1.165) is 17.7 Å². The van der Waals surface area contributed by atoms with Gasteiger partial charge in [-0.2, -0.15) is 5.10 Å². The average Bonchev–Trinajstić information content (AvgIpc) is 3.44. The van der Waals surface area contributed by atoms with Crippen LogP contribution >= 0.6 is 0 Å². The molecule has 0 spiro atoms. The topological polar surface area (TPSA) is 77.2 Å². The summed E-state index contributed by atoms with van der Waals surface area (Å²) in [6.45, 7) is -0.146. The fourth-order valence-electron chi connectivity index (χ4n) is 3.72. The summed E-state index contributed by atoms with van der Waals surface area (Å²) in [6, 6.07) is 8.56. The molecule has 0 atom stereocenters. The molecule has 0 radical (unpaired) electrons. The van der Waals surface area contributed by atoms with Crippen molar-refractivity contribution in [3.63, 3.8) is 0 Å². The van der Waals surface area contributed by atoms with Gasteiger partial charge >= 0.3 is 0 Å². The Hall–Kier alpha value is -3.55. The van der Waals surface area contributed by atoms with Gasteiger partial charge in [0.15, 0.2) is 0 Å². The first kappa shape index (κ1) is 17.5. The van der Waals surface area contributed by atoms with E-state index >= 15 is 0 Å². The summed E-state index contributed by atoms with van der Waals surface area (Å²) in [5.41, 5.74) is 1.27. The van der Waals surface area contributed by atoms with Crippen LogP contribution in [0.2, 0.25) is 0 Å². The van der Waals surface area contributed by atoms with E-state index in [1.807, 2.05) is 0 Å². The molecular weight excluding hydrogens is 375 g/mol. The van der Waals surface area contributed by atoms with Crippen molar-refractivity contribution in [3.8, 4) is 0 Å². The van der Waals surface area contributed by atoms with Crippen LogP contribution in [0.15, 0.2) is 59.4 Å². The number of imide groups is 1. The molecule has 3 aromatic rings. The molecule has 2 aromatic heterocycles. The lowest BCUT2D eigenvalue weighted by Gasteiger charge is -2.15. The van der Waals surface area contributed by atoms with Gasteiger partial charge in [-0.3, -0.25) is 24.0 Å². The monoisotopic (exact) mass is 392 g/mol. The summed E-state index contributed by atoms with van der Waals surface area (Å²) in [5.74, 6) is -0.884. The van der Waals surface area contributed by atoms with Gasteiger partial charge in [-0.15, -0.1) is 0 Å². The van der Waals surface area contributed by atoms with Crippen LogP contribution < -0.4 is 5.56 Å². The number of nitrogens with zero attached hydrogens (tertiary/aromatic N) is 4. The number of carbonyl (C=O) groups excluding carboxylic acids is 2. The zero-order valence-corrected chi connectivity index (χ0v) is 15.4. The Bertz CT molecular complexity index is 1220. The average molecular weight is 392 g/mol. The first-order valence-electron chi connectivity index (χ1n) is 9.38. The van der Waals surface area contributed by atoms with E-state index in [1.165, 1.54) is 4.68 Å². The molecule has 1 aromatic carbocycles. The van der Waals surface area contributed by atoms with Crippen LogP contribution in [0, 0.1) is 0 Å². The van der Waals surface area contributed by atoms with Gasteiger partial charge < -0.3 is 4.57 Å². The fourth-order valence-corrected chi connectivity index (χ4v) is 3.72. The van der Waals surface area contributed by atoms with E-state index in [1.54, 1.807) is 47.3 Å². The maximum absolute atomic E-state index is 13.6. The molecule has 5 rings (SSSR count). The van der Waals surface area contributed by atoms with Crippen molar-refractivity contribution in [3.05, 3.63) is 76.1 Å². The Morgan fingerprint density at radius 3 is 2.38 bits per heavy atom. The van der Waals surface area contributed by atoms with Gasteiger partial charge in [-0.05, 0) is 36.6 Å². The summed E-state index contributed by atoms with van der Waals surface area (Å²) in [4.78, 5) is 38.6. The second-order valence-corrected chi connectivity index (χ2v) is 7.39. The zero-order chi connectivity index (χ0) is 20.1. The van der Waals surface area contributed by atoms with Crippen molar-refractivity contribution < 1.29 is 14.0 Å². The molecule has 0 saturated heterocycles. The lowest BCUT2D eigenvalue weighted by molar-refractivity contribution is 0.0666. The van der Waals surface area contributed by atoms with Crippen molar-refractivity contribution in [1.82, 2.24) is 19.2 Å². The molecule has 8 heteroatoms. The highest BCUT2D eigenvalue weighted by atomic mass is 19.1. The normalized spacial score (nSPS) is 16.7. The van der Waals surface area contributed by atoms with E-state index in [0.29, 0.717) is 28.4 Å². The zero-order valence-electron chi connectivity index (χ0n) is 15.4. The Morgan fingerprint density at radius 1 is 1.07 bits per heavy atom. The van der Waals surface area contributed by atoms with Crippen LogP contribution in [-0.4, -0.2) is 37.6 Å². The maximum Gasteiger partial charge on any atom is 0.261 e. The molecule has 2 amide bonds. The summed E-state index contributed by atoms with van der Waals surface area (Å²) >= 11 is 0. The summed E-state index contributed by atoms with van der Waals surface area (Å²) in [6.07, 6.45) is 5.70. The van der Waals surface area contributed by atoms with Crippen molar-refractivity contribution in [2.24, 2.45) is 0 Å². The third-order valence-electron chi connectivity index (χ3n) is 5.35. The number of halogens is 1. The number of fused-ring (bicyclic) bond motifs is 2. The minimum Gasteiger partial charge on any atom is -0.312 e. The number of amides is 2. The highest BCUT2D eigenvalue weighted by molar-refractivity contribution is 6.21. The molecule has 1 fully saturated rings. The molecule has 7 nitrogen and oxygen atoms in total. The van der Waals surface area contributed by atoms with E-state index in [9.17, 15) is 18.8 Å². The molecular formula is C21H17FN4O3. The first-order valence-corrected chi connectivity index (χ1v) is 9.38. The van der Waals surface area contributed by atoms with Gasteiger partial charge in [0.2, 0.25) is 0 Å². The van der Waals surface area contributed by atoms with Crippen molar-refractivity contribution in [2.45, 2.75) is 25.4 Å². The van der Waals surface area contributed by atoms with Gasteiger partial charge in [-0.25, -0.2) is 4.39 Å². The second-order valence-electron chi connectivity index (χ2n) is 7.39. The van der Waals surface area contributed by atoms with Crippen LogP contribution in [0.5, 0.6) is 0 Å². The number of aromatic nitrogens is 3. The quantitative estimate of drug-likeness (QED) is 0.626. The van der Waals surface area contributed by atoms with Gasteiger partial charge in [0.05, 0.1) is 41.4 Å². The number of hydrogen-bond donors (Lipinski definition) is 0. The molecule has 0 unspecified atom stereocenters. The molecule has 29 heavy (non-hydrogen) atoms. The molecule has 0 N–H and O–H groups in total. The van der Waals surface area contributed by atoms with Crippen molar-refractivity contribution >= 4 is 22.7 Å². The van der Waals surface area contributed by atoms with Gasteiger partial charge in [0, 0.05) is 18.4 Å². The summed E-state index contributed by atoms with van der Waals surface area (Å²) in [5, 5.41) is 4.81. The molecule has 3 heterocycles.